The van der Waals surface area contributed by atoms with Crippen molar-refractivity contribution in [2.45, 2.75) is 4.90 Å². The van der Waals surface area contributed by atoms with E-state index >= 15 is 0 Å². The summed E-state index contributed by atoms with van der Waals surface area (Å²) in [5, 5.41) is 7.32. The molecular formula is C12H12N4O2S. The van der Waals surface area contributed by atoms with E-state index in [1.165, 1.54) is 12.4 Å². The molecule has 1 aromatic rings. The molecule has 0 aromatic heterocycles. The fraction of sp³-hybridized carbons (Fsp3) is 0.167. The first-order valence-electron chi connectivity index (χ1n) is 5.50. The van der Waals surface area contributed by atoms with Crippen LogP contribution in [0, 0.1) is 5.92 Å². The minimum atomic E-state index is -0.906. The molecule has 19 heavy (non-hydrogen) atoms. The van der Waals surface area contributed by atoms with Crippen LogP contribution in [-0.4, -0.2) is 30.5 Å². The molecule has 0 bridgehead atoms. The number of amides is 2. The van der Waals surface area contributed by atoms with Gasteiger partial charge in [0.15, 0.2) is 5.92 Å². The quantitative estimate of drug-likeness (QED) is 0.365. The van der Waals surface area contributed by atoms with E-state index in [4.69, 9.17) is 0 Å². The third-order valence-electron chi connectivity index (χ3n) is 2.47. The number of rotatable bonds is 4. The van der Waals surface area contributed by atoms with Crippen molar-refractivity contribution in [1.82, 2.24) is 10.9 Å². The molecular weight excluding hydrogens is 264 g/mol. The molecule has 1 heterocycles. The minimum absolute atomic E-state index is 0.447. The number of nitrogens with one attached hydrogen (secondary N) is 2. The van der Waals surface area contributed by atoms with E-state index in [9.17, 15) is 9.59 Å². The molecule has 0 saturated heterocycles. The molecule has 7 heteroatoms. The number of hydrogen-bond acceptors (Lipinski definition) is 5. The molecule has 1 aliphatic rings. The van der Waals surface area contributed by atoms with Crippen LogP contribution in [0.1, 0.15) is 5.56 Å². The SMILES string of the molecule is CSc1ccc(C=NNC(=O)C2C=NNC2=O)cc1. The maximum absolute atomic E-state index is 11.6. The summed E-state index contributed by atoms with van der Waals surface area (Å²) < 4.78 is 0. The van der Waals surface area contributed by atoms with Crippen molar-refractivity contribution in [3.63, 3.8) is 0 Å². The summed E-state index contributed by atoms with van der Waals surface area (Å²) in [5.74, 6) is -1.86. The average Bonchev–Trinajstić information content (AvgIpc) is 2.86. The van der Waals surface area contributed by atoms with Crippen LogP contribution in [0.5, 0.6) is 0 Å². The second-order valence-corrected chi connectivity index (χ2v) is 4.62. The van der Waals surface area contributed by atoms with Gasteiger partial charge in [-0.2, -0.15) is 10.2 Å². The van der Waals surface area contributed by atoms with E-state index < -0.39 is 17.7 Å². The molecule has 98 valence electrons. The van der Waals surface area contributed by atoms with E-state index in [2.05, 4.69) is 21.1 Å². The Kier molecular flexibility index (Phi) is 4.30. The summed E-state index contributed by atoms with van der Waals surface area (Å²) in [6, 6.07) is 7.71. The van der Waals surface area contributed by atoms with Gasteiger partial charge < -0.3 is 0 Å². The van der Waals surface area contributed by atoms with Crippen LogP contribution in [0.15, 0.2) is 39.4 Å². The number of carbonyl (C=O) groups is 2. The van der Waals surface area contributed by atoms with Crippen molar-refractivity contribution in [1.29, 1.82) is 0 Å². The highest BCUT2D eigenvalue weighted by molar-refractivity contribution is 7.98. The van der Waals surface area contributed by atoms with E-state index in [0.717, 1.165) is 10.5 Å². The fourth-order valence-corrected chi connectivity index (χ4v) is 1.84. The van der Waals surface area contributed by atoms with Crippen molar-refractivity contribution in [2.75, 3.05) is 6.26 Å². The Hall–Kier alpha value is -2.15. The Labute approximate surface area is 114 Å². The molecule has 6 nitrogen and oxygen atoms in total. The lowest BCUT2D eigenvalue weighted by molar-refractivity contribution is -0.131. The number of hydrogen-bond donors (Lipinski definition) is 2. The Morgan fingerprint density at radius 2 is 2.21 bits per heavy atom. The summed E-state index contributed by atoms with van der Waals surface area (Å²) in [6.07, 6.45) is 4.77. The topological polar surface area (TPSA) is 82.9 Å². The van der Waals surface area contributed by atoms with Crippen LogP contribution in [0.3, 0.4) is 0 Å². The highest BCUT2D eigenvalue weighted by Crippen LogP contribution is 2.13. The zero-order valence-corrected chi connectivity index (χ0v) is 11.0. The van der Waals surface area contributed by atoms with Crippen LogP contribution in [0.4, 0.5) is 0 Å². The second kappa shape index (κ2) is 6.14. The first kappa shape index (κ1) is 13.3. The van der Waals surface area contributed by atoms with Crippen LogP contribution < -0.4 is 10.9 Å². The van der Waals surface area contributed by atoms with Gasteiger partial charge in [-0.1, -0.05) is 12.1 Å². The predicted molar refractivity (Wildman–Crippen MR) is 74.1 cm³/mol. The molecule has 0 spiro atoms. The van der Waals surface area contributed by atoms with E-state index in [1.54, 1.807) is 11.8 Å². The summed E-state index contributed by atoms with van der Waals surface area (Å²) in [6.45, 7) is 0. The van der Waals surface area contributed by atoms with Gasteiger partial charge in [0.25, 0.3) is 11.8 Å². The zero-order valence-electron chi connectivity index (χ0n) is 10.2. The van der Waals surface area contributed by atoms with Gasteiger partial charge in [-0.05, 0) is 24.0 Å². The second-order valence-electron chi connectivity index (χ2n) is 3.74. The van der Waals surface area contributed by atoms with Crippen LogP contribution in [-0.2, 0) is 9.59 Å². The number of benzene rings is 1. The highest BCUT2D eigenvalue weighted by atomic mass is 32.2. The van der Waals surface area contributed by atoms with Crippen LogP contribution in [0.2, 0.25) is 0 Å². The Bertz CT molecular complexity index is 539. The summed E-state index contributed by atoms with van der Waals surface area (Å²) >= 11 is 1.65. The van der Waals surface area contributed by atoms with Gasteiger partial charge in [0.2, 0.25) is 0 Å². The maximum atomic E-state index is 11.6. The third kappa shape index (κ3) is 3.41. The van der Waals surface area contributed by atoms with E-state index in [0.29, 0.717) is 0 Å². The van der Waals surface area contributed by atoms with Gasteiger partial charge >= 0.3 is 0 Å². The first-order valence-corrected chi connectivity index (χ1v) is 6.73. The van der Waals surface area contributed by atoms with Crippen LogP contribution in [0.25, 0.3) is 0 Å². The van der Waals surface area contributed by atoms with Crippen molar-refractivity contribution in [3.05, 3.63) is 29.8 Å². The summed E-state index contributed by atoms with van der Waals surface area (Å²) in [5.41, 5.74) is 5.36. The molecule has 2 amide bonds. The number of thioether (sulfide) groups is 1. The van der Waals surface area contributed by atoms with E-state index in [1.807, 2.05) is 30.5 Å². The normalized spacial score (nSPS) is 17.7. The Balaban J connectivity index is 1.90. The van der Waals surface area contributed by atoms with Gasteiger partial charge in [-0.15, -0.1) is 11.8 Å². The fourth-order valence-electron chi connectivity index (χ4n) is 1.43. The van der Waals surface area contributed by atoms with Gasteiger partial charge in [0.05, 0.1) is 6.21 Å². The largest absolute Gasteiger partial charge is 0.272 e. The lowest BCUT2D eigenvalue weighted by atomic mass is 10.1. The number of hydrazone groups is 2. The summed E-state index contributed by atoms with van der Waals surface area (Å²) in [7, 11) is 0. The van der Waals surface area contributed by atoms with Crippen molar-refractivity contribution in [3.8, 4) is 0 Å². The first-order chi connectivity index (χ1) is 9.20. The number of nitrogens with zero attached hydrogens (tertiary/aromatic N) is 2. The van der Waals surface area contributed by atoms with Crippen LogP contribution >= 0.6 is 11.8 Å². The van der Waals surface area contributed by atoms with Crippen molar-refractivity contribution >= 4 is 36.0 Å². The van der Waals surface area contributed by atoms with Gasteiger partial charge in [0, 0.05) is 11.1 Å². The molecule has 0 radical (unpaired) electrons. The standard InChI is InChI=1S/C12H12N4O2S/c1-19-9-4-2-8(3-5-9)6-13-15-11(17)10-7-14-16-12(10)18/h2-7,10H,1H3,(H,15,17)(H,16,18). The smallest absolute Gasteiger partial charge is 0.258 e. The van der Waals surface area contributed by atoms with Crippen molar-refractivity contribution in [2.24, 2.45) is 16.1 Å². The van der Waals surface area contributed by atoms with Crippen molar-refractivity contribution < 1.29 is 9.59 Å². The average molecular weight is 276 g/mol. The molecule has 0 aliphatic carbocycles. The molecule has 1 atom stereocenters. The molecule has 0 saturated carbocycles. The van der Waals surface area contributed by atoms with Gasteiger partial charge in [0.1, 0.15) is 0 Å². The lowest BCUT2D eigenvalue weighted by Gasteiger charge is -2.02. The van der Waals surface area contributed by atoms with Gasteiger partial charge in [-0.25, -0.2) is 10.9 Å². The molecule has 2 N–H and O–H groups in total. The van der Waals surface area contributed by atoms with E-state index in [-0.39, 0.29) is 0 Å². The third-order valence-corrected chi connectivity index (χ3v) is 3.21. The zero-order chi connectivity index (χ0) is 13.7. The lowest BCUT2D eigenvalue weighted by Crippen LogP contribution is -2.34. The Morgan fingerprint density at radius 3 is 2.79 bits per heavy atom. The molecule has 1 aromatic carbocycles. The monoisotopic (exact) mass is 276 g/mol. The predicted octanol–water partition coefficient (Wildman–Crippen LogP) is 0.590. The molecule has 0 fully saturated rings. The minimum Gasteiger partial charge on any atom is -0.272 e. The Morgan fingerprint density at radius 1 is 1.47 bits per heavy atom. The summed E-state index contributed by atoms with van der Waals surface area (Å²) in [4.78, 5) is 23.9. The van der Waals surface area contributed by atoms with Gasteiger partial charge in [-0.3, -0.25) is 9.59 Å². The number of carbonyl (C=O) groups excluding carboxylic acids is 2. The molecule has 2 rings (SSSR count). The maximum Gasteiger partial charge on any atom is 0.258 e. The highest BCUT2D eigenvalue weighted by Gasteiger charge is 2.28. The molecule has 1 unspecified atom stereocenters. The molecule has 1 aliphatic heterocycles.